The summed E-state index contributed by atoms with van der Waals surface area (Å²) in [7, 11) is 0. The highest BCUT2D eigenvalue weighted by Gasteiger charge is 2.12. The normalized spacial score (nSPS) is 10.2. The van der Waals surface area contributed by atoms with E-state index >= 15 is 0 Å². The summed E-state index contributed by atoms with van der Waals surface area (Å²) in [4.78, 5) is 22.8. The van der Waals surface area contributed by atoms with Crippen LogP contribution in [0.1, 0.15) is 32.2 Å². The minimum Gasteiger partial charge on any atom is -0.478 e. The number of carboxylic acids is 1. The van der Waals surface area contributed by atoms with E-state index in [2.05, 4.69) is 10.5 Å². The maximum atomic E-state index is 11.7. The number of carbonyl (C=O) groups is 2. The molecule has 1 aromatic heterocycles. The van der Waals surface area contributed by atoms with Crippen LogP contribution in [0.5, 0.6) is 0 Å². The van der Waals surface area contributed by atoms with Gasteiger partial charge in [-0.1, -0.05) is 23.4 Å². The number of amides is 1. The van der Waals surface area contributed by atoms with E-state index in [9.17, 15) is 9.59 Å². The second-order valence-corrected chi connectivity index (χ2v) is 4.29. The number of aromatic nitrogens is 1. The molecule has 0 saturated carbocycles. The van der Waals surface area contributed by atoms with Crippen molar-refractivity contribution < 1.29 is 19.2 Å². The number of hydrogen-bond donors (Lipinski definition) is 2. The van der Waals surface area contributed by atoms with Crippen LogP contribution in [0, 0.1) is 6.92 Å². The molecular weight excluding hydrogens is 260 g/mol. The molecule has 2 aromatic rings. The Hall–Kier alpha value is -2.63. The van der Waals surface area contributed by atoms with Crippen LogP contribution in [-0.4, -0.2) is 28.7 Å². The standard InChI is InChI=1S/C14H14N2O4/c1-9-8-12(16-20-9)13(17)15-7-6-10-4-2-3-5-11(10)14(18)19/h2-5,8H,6-7H2,1H3,(H,15,17)(H,18,19). The number of aryl methyl sites for hydroxylation is 1. The quantitative estimate of drug-likeness (QED) is 0.864. The van der Waals surface area contributed by atoms with E-state index in [1.807, 2.05) is 0 Å². The fourth-order valence-electron chi connectivity index (χ4n) is 1.82. The minimum atomic E-state index is -0.973. The van der Waals surface area contributed by atoms with Gasteiger partial charge in [-0.05, 0) is 25.0 Å². The summed E-state index contributed by atoms with van der Waals surface area (Å²) in [6, 6.07) is 8.26. The minimum absolute atomic E-state index is 0.217. The molecule has 0 radical (unpaired) electrons. The number of rotatable bonds is 5. The number of aromatic carboxylic acids is 1. The number of carbonyl (C=O) groups excluding carboxylic acids is 1. The molecule has 0 unspecified atom stereocenters. The van der Waals surface area contributed by atoms with Gasteiger partial charge in [-0.3, -0.25) is 4.79 Å². The van der Waals surface area contributed by atoms with Crippen LogP contribution in [-0.2, 0) is 6.42 Å². The largest absolute Gasteiger partial charge is 0.478 e. The lowest BCUT2D eigenvalue weighted by molar-refractivity contribution is 0.0695. The van der Waals surface area contributed by atoms with Gasteiger partial charge in [-0.2, -0.15) is 0 Å². The van der Waals surface area contributed by atoms with Crippen molar-refractivity contribution in [3.63, 3.8) is 0 Å². The number of benzene rings is 1. The van der Waals surface area contributed by atoms with Gasteiger partial charge in [-0.15, -0.1) is 0 Å². The Morgan fingerprint density at radius 3 is 2.75 bits per heavy atom. The maximum absolute atomic E-state index is 11.7. The topological polar surface area (TPSA) is 92.4 Å². The van der Waals surface area contributed by atoms with Crippen molar-refractivity contribution in [2.24, 2.45) is 0 Å². The average Bonchev–Trinajstić information content (AvgIpc) is 2.86. The van der Waals surface area contributed by atoms with Crippen LogP contribution >= 0.6 is 0 Å². The van der Waals surface area contributed by atoms with Crippen LogP contribution in [0.25, 0.3) is 0 Å². The Morgan fingerprint density at radius 1 is 1.35 bits per heavy atom. The molecule has 1 aromatic carbocycles. The first kappa shape index (κ1) is 13.8. The number of hydrogen-bond acceptors (Lipinski definition) is 4. The third kappa shape index (κ3) is 3.23. The Morgan fingerprint density at radius 2 is 2.10 bits per heavy atom. The first-order valence-corrected chi connectivity index (χ1v) is 6.10. The van der Waals surface area contributed by atoms with Gasteiger partial charge >= 0.3 is 5.97 Å². The Balaban J connectivity index is 1.93. The second kappa shape index (κ2) is 6.01. The summed E-state index contributed by atoms with van der Waals surface area (Å²) in [6.45, 7) is 2.03. The smallest absolute Gasteiger partial charge is 0.335 e. The van der Waals surface area contributed by atoms with Gasteiger partial charge in [0.1, 0.15) is 5.76 Å². The average molecular weight is 274 g/mol. The van der Waals surface area contributed by atoms with Crippen LogP contribution in [0.15, 0.2) is 34.9 Å². The fourth-order valence-corrected chi connectivity index (χ4v) is 1.82. The zero-order valence-corrected chi connectivity index (χ0v) is 10.9. The van der Waals surface area contributed by atoms with Crippen LogP contribution in [0.4, 0.5) is 0 Å². The van der Waals surface area contributed by atoms with Crippen molar-refractivity contribution in [3.05, 3.63) is 52.9 Å². The molecule has 0 aliphatic rings. The van der Waals surface area contributed by atoms with Gasteiger partial charge in [0.2, 0.25) is 0 Å². The van der Waals surface area contributed by atoms with E-state index in [0.29, 0.717) is 24.3 Å². The number of nitrogens with one attached hydrogen (secondary N) is 1. The molecule has 0 fully saturated rings. The van der Waals surface area contributed by atoms with Crippen LogP contribution in [0.3, 0.4) is 0 Å². The third-order valence-electron chi connectivity index (χ3n) is 2.79. The Bertz CT molecular complexity index is 634. The molecule has 104 valence electrons. The van der Waals surface area contributed by atoms with E-state index in [4.69, 9.17) is 9.63 Å². The molecule has 6 nitrogen and oxygen atoms in total. The van der Waals surface area contributed by atoms with Crippen molar-refractivity contribution in [3.8, 4) is 0 Å². The summed E-state index contributed by atoms with van der Waals surface area (Å²) >= 11 is 0. The molecule has 6 heteroatoms. The van der Waals surface area contributed by atoms with E-state index in [0.717, 1.165) is 0 Å². The summed E-state index contributed by atoms with van der Waals surface area (Å²) in [5.74, 6) is -0.750. The predicted octanol–water partition coefficient (Wildman–Crippen LogP) is 1.65. The molecule has 0 aliphatic heterocycles. The van der Waals surface area contributed by atoms with Gasteiger partial charge < -0.3 is 14.9 Å². The first-order valence-electron chi connectivity index (χ1n) is 6.10. The van der Waals surface area contributed by atoms with E-state index in [1.165, 1.54) is 0 Å². The van der Waals surface area contributed by atoms with Crippen molar-refractivity contribution in [1.29, 1.82) is 0 Å². The van der Waals surface area contributed by atoms with Gasteiger partial charge in [0.05, 0.1) is 5.56 Å². The van der Waals surface area contributed by atoms with Gasteiger partial charge in [0, 0.05) is 12.6 Å². The monoisotopic (exact) mass is 274 g/mol. The molecular formula is C14H14N2O4. The number of carboxylic acid groups (broad SMARTS) is 1. The number of nitrogens with zero attached hydrogens (tertiary/aromatic N) is 1. The zero-order chi connectivity index (χ0) is 14.5. The van der Waals surface area contributed by atoms with Crippen LogP contribution < -0.4 is 5.32 Å². The lowest BCUT2D eigenvalue weighted by Gasteiger charge is -2.06. The molecule has 1 amide bonds. The highest BCUT2D eigenvalue weighted by atomic mass is 16.5. The molecule has 1 heterocycles. The summed E-state index contributed by atoms with van der Waals surface area (Å²) in [6.07, 6.45) is 0.436. The van der Waals surface area contributed by atoms with Gasteiger partial charge in [0.25, 0.3) is 5.91 Å². The fraction of sp³-hybridized carbons (Fsp3) is 0.214. The lowest BCUT2D eigenvalue weighted by atomic mass is 10.0. The van der Waals surface area contributed by atoms with Crippen molar-refractivity contribution in [1.82, 2.24) is 10.5 Å². The highest BCUT2D eigenvalue weighted by Crippen LogP contribution is 2.09. The molecule has 0 atom stereocenters. The first-order chi connectivity index (χ1) is 9.58. The molecule has 2 rings (SSSR count). The van der Waals surface area contributed by atoms with Crippen molar-refractivity contribution in [2.75, 3.05) is 6.54 Å². The molecule has 0 spiro atoms. The Labute approximate surface area is 115 Å². The predicted molar refractivity (Wildman–Crippen MR) is 70.7 cm³/mol. The molecule has 0 bridgehead atoms. The van der Waals surface area contributed by atoms with Crippen molar-refractivity contribution in [2.45, 2.75) is 13.3 Å². The van der Waals surface area contributed by atoms with Gasteiger partial charge in [0.15, 0.2) is 5.69 Å². The molecule has 0 saturated heterocycles. The molecule has 2 N–H and O–H groups in total. The van der Waals surface area contributed by atoms with E-state index < -0.39 is 5.97 Å². The van der Waals surface area contributed by atoms with Gasteiger partial charge in [-0.25, -0.2) is 4.79 Å². The van der Waals surface area contributed by atoms with Crippen LogP contribution in [0.2, 0.25) is 0 Å². The summed E-state index contributed by atoms with van der Waals surface area (Å²) < 4.78 is 4.81. The van der Waals surface area contributed by atoms with E-state index in [1.54, 1.807) is 37.3 Å². The molecule has 20 heavy (non-hydrogen) atoms. The Kier molecular flexibility index (Phi) is 4.14. The summed E-state index contributed by atoms with van der Waals surface area (Å²) in [5.41, 5.74) is 1.14. The zero-order valence-electron chi connectivity index (χ0n) is 10.9. The SMILES string of the molecule is Cc1cc(C(=O)NCCc2ccccc2C(=O)O)no1. The van der Waals surface area contributed by atoms with Crippen molar-refractivity contribution >= 4 is 11.9 Å². The van der Waals surface area contributed by atoms with E-state index in [-0.39, 0.29) is 17.2 Å². The molecule has 0 aliphatic carbocycles. The maximum Gasteiger partial charge on any atom is 0.335 e. The lowest BCUT2D eigenvalue weighted by Crippen LogP contribution is -2.26. The summed E-state index contributed by atoms with van der Waals surface area (Å²) in [5, 5.41) is 15.3. The second-order valence-electron chi connectivity index (χ2n) is 4.29. The highest BCUT2D eigenvalue weighted by molar-refractivity contribution is 5.92. The third-order valence-corrected chi connectivity index (χ3v) is 2.79.